The van der Waals surface area contributed by atoms with Gasteiger partial charge in [-0.1, -0.05) is 48.0 Å². The van der Waals surface area contributed by atoms with Gasteiger partial charge in [-0.05, 0) is 29.7 Å². The number of carbonyl (C=O) groups excluding carboxylic acids is 1. The number of hydrogen-bond donors (Lipinski definition) is 1. The zero-order valence-corrected chi connectivity index (χ0v) is 15.7. The molecule has 2 aromatic carbocycles. The number of nitrogens with one attached hydrogen (secondary N) is 1. The van der Waals surface area contributed by atoms with Gasteiger partial charge < -0.3 is 14.7 Å². The molecule has 1 fully saturated rings. The molecule has 2 aromatic rings. The number of hydrogen-bond acceptors (Lipinski definition) is 2. The first-order valence-corrected chi connectivity index (χ1v) is 9.76. The van der Waals surface area contributed by atoms with E-state index in [1.165, 1.54) is 16.0 Å². The van der Waals surface area contributed by atoms with Crippen LogP contribution in [-0.4, -0.2) is 50.1 Å². The minimum Gasteiger partial charge on any atom is -0.359 e. The summed E-state index contributed by atoms with van der Waals surface area (Å²) in [5.74, 6) is 0.278. The quantitative estimate of drug-likeness (QED) is 0.889. The lowest BCUT2D eigenvalue weighted by molar-refractivity contribution is -0.892. The molecule has 2 aliphatic rings. The van der Waals surface area contributed by atoms with Crippen molar-refractivity contribution in [1.82, 2.24) is 4.90 Å². The first kappa shape index (κ1) is 17.4. The smallest absolute Gasteiger partial charge is 0.278 e. The average molecular weight is 371 g/mol. The van der Waals surface area contributed by atoms with E-state index in [1.807, 2.05) is 23.1 Å². The lowest BCUT2D eigenvalue weighted by Gasteiger charge is -2.35. The minimum absolute atomic E-state index is 0.278. The molecule has 0 unspecified atom stereocenters. The van der Waals surface area contributed by atoms with Gasteiger partial charge in [0.05, 0.1) is 36.9 Å². The van der Waals surface area contributed by atoms with Gasteiger partial charge in [0.1, 0.15) is 0 Å². The van der Waals surface area contributed by atoms with E-state index in [9.17, 15) is 4.79 Å². The van der Waals surface area contributed by atoms with E-state index in [2.05, 4.69) is 35.2 Å². The van der Waals surface area contributed by atoms with Crippen LogP contribution in [0.2, 0.25) is 5.02 Å². The summed E-state index contributed by atoms with van der Waals surface area (Å²) in [4.78, 5) is 18.5. The van der Waals surface area contributed by atoms with Gasteiger partial charge in [-0.15, -0.1) is 0 Å². The van der Waals surface area contributed by atoms with Gasteiger partial charge in [-0.3, -0.25) is 4.79 Å². The van der Waals surface area contributed by atoms with Crippen LogP contribution < -0.4 is 9.80 Å². The van der Waals surface area contributed by atoms with E-state index in [-0.39, 0.29) is 5.91 Å². The maximum Gasteiger partial charge on any atom is 0.278 e. The van der Waals surface area contributed by atoms with Crippen LogP contribution in [0.3, 0.4) is 0 Å². The molecule has 0 aliphatic carbocycles. The fourth-order valence-electron chi connectivity index (χ4n) is 3.98. The average Bonchev–Trinajstić information content (AvgIpc) is 2.69. The number of piperazine rings is 1. The topological polar surface area (TPSA) is 28.0 Å². The molecule has 1 N–H and O–H groups in total. The molecule has 0 aromatic heterocycles. The van der Waals surface area contributed by atoms with Crippen LogP contribution in [-0.2, 0) is 17.8 Å². The molecule has 2 heterocycles. The van der Waals surface area contributed by atoms with Gasteiger partial charge in [0, 0.05) is 13.1 Å². The highest BCUT2D eigenvalue weighted by Gasteiger charge is 2.27. The van der Waals surface area contributed by atoms with Gasteiger partial charge in [0.25, 0.3) is 5.91 Å². The number of fused-ring (bicyclic) bond motifs is 1. The molecular formula is C21H25ClN3O+. The van der Waals surface area contributed by atoms with E-state index >= 15 is 0 Å². The summed E-state index contributed by atoms with van der Waals surface area (Å²) in [7, 11) is 0. The number of amides is 1. The molecule has 0 bridgehead atoms. The molecule has 5 heteroatoms. The second-order valence-corrected chi connectivity index (χ2v) is 7.61. The lowest BCUT2D eigenvalue weighted by atomic mass is 10.00. The Morgan fingerprint density at radius 1 is 0.962 bits per heavy atom. The molecule has 1 amide bonds. The molecule has 0 spiro atoms. The summed E-state index contributed by atoms with van der Waals surface area (Å²) in [6, 6.07) is 16.5. The number of benzene rings is 2. The summed E-state index contributed by atoms with van der Waals surface area (Å²) in [6.07, 6.45) is 0.970. The third kappa shape index (κ3) is 3.71. The van der Waals surface area contributed by atoms with E-state index in [1.54, 1.807) is 0 Å². The first-order chi connectivity index (χ1) is 12.7. The SMILES string of the molecule is O=C(C[NH+]1CCN(c2ccccc2Cl)CC1)N1CCc2ccccc2C1. The van der Waals surface area contributed by atoms with E-state index < -0.39 is 0 Å². The number of rotatable bonds is 3. The Balaban J connectivity index is 1.31. The van der Waals surface area contributed by atoms with Crippen molar-refractivity contribution < 1.29 is 9.69 Å². The fraction of sp³-hybridized carbons (Fsp3) is 0.381. The van der Waals surface area contributed by atoms with E-state index in [4.69, 9.17) is 11.6 Å². The van der Waals surface area contributed by atoms with Crippen LogP contribution >= 0.6 is 11.6 Å². The first-order valence-electron chi connectivity index (χ1n) is 9.38. The Kier molecular flexibility index (Phi) is 5.14. The van der Waals surface area contributed by atoms with Crippen LogP contribution in [0.5, 0.6) is 0 Å². The van der Waals surface area contributed by atoms with Crippen LogP contribution in [0, 0.1) is 0 Å². The number of anilines is 1. The maximum atomic E-state index is 12.8. The van der Waals surface area contributed by atoms with Crippen molar-refractivity contribution in [3.8, 4) is 0 Å². The summed E-state index contributed by atoms with van der Waals surface area (Å²) in [5, 5.41) is 0.805. The molecule has 1 saturated heterocycles. The van der Waals surface area contributed by atoms with Gasteiger partial charge in [-0.25, -0.2) is 0 Å². The second kappa shape index (κ2) is 7.68. The molecule has 0 atom stereocenters. The minimum atomic E-state index is 0.278. The Hall–Kier alpha value is -2.04. The molecule has 4 rings (SSSR count). The normalized spacial score (nSPS) is 17.9. The van der Waals surface area contributed by atoms with Crippen molar-refractivity contribution in [3.63, 3.8) is 0 Å². The van der Waals surface area contributed by atoms with Gasteiger partial charge in [0.15, 0.2) is 6.54 Å². The number of carbonyl (C=O) groups is 1. The number of halogens is 1. The molecule has 136 valence electrons. The van der Waals surface area contributed by atoms with E-state index in [0.29, 0.717) is 6.54 Å². The summed E-state index contributed by atoms with van der Waals surface area (Å²) < 4.78 is 0. The maximum absolute atomic E-state index is 12.8. The summed E-state index contributed by atoms with van der Waals surface area (Å²) >= 11 is 6.31. The molecule has 0 radical (unpaired) electrons. The largest absolute Gasteiger partial charge is 0.359 e. The van der Waals surface area contributed by atoms with Gasteiger partial charge in [0.2, 0.25) is 0 Å². The number of nitrogens with zero attached hydrogens (tertiary/aromatic N) is 2. The zero-order valence-electron chi connectivity index (χ0n) is 15.0. The predicted molar refractivity (Wildman–Crippen MR) is 105 cm³/mol. The van der Waals surface area contributed by atoms with Gasteiger partial charge in [-0.2, -0.15) is 0 Å². The highest BCUT2D eigenvalue weighted by molar-refractivity contribution is 6.33. The van der Waals surface area contributed by atoms with Crippen molar-refractivity contribution in [2.24, 2.45) is 0 Å². The van der Waals surface area contributed by atoms with Gasteiger partial charge >= 0.3 is 0 Å². The van der Waals surface area contributed by atoms with Crippen molar-refractivity contribution in [2.45, 2.75) is 13.0 Å². The van der Waals surface area contributed by atoms with Crippen LogP contribution in [0.4, 0.5) is 5.69 Å². The van der Waals surface area contributed by atoms with Crippen LogP contribution in [0.15, 0.2) is 48.5 Å². The van der Waals surface area contributed by atoms with Crippen molar-refractivity contribution in [3.05, 3.63) is 64.7 Å². The number of para-hydroxylation sites is 1. The lowest BCUT2D eigenvalue weighted by Crippen LogP contribution is -3.15. The Morgan fingerprint density at radius 2 is 1.65 bits per heavy atom. The van der Waals surface area contributed by atoms with Crippen LogP contribution in [0.25, 0.3) is 0 Å². The van der Waals surface area contributed by atoms with Crippen LogP contribution in [0.1, 0.15) is 11.1 Å². The predicted octanol–water partition coefficient (Wildman–Crippen LogP) is 1.63. The monoisotopic (exact) mass is 370 g/mol. The fourth-order valence-corrected chi connectivity index (χ4v) is 4.24. The highest BCUT2D eigenvalue weighted by atomic mass is 35.5. The highest BCUT2D eigenvalue weighted by Crippen LogP contribution is 2.24. The molecule has 26 heavy (non-hydrogen) atoms. The summed E-state index contributed by atoms with van der Waals surface area (Å²) in [5.41, 5.74) is 3.79. The van der Waals surface area contributed by atoms with Crippen molar-refractivity contribution in [1.29, 1.82) is 0 Å². The molecule has 2 aliphatic heterocycles. The Labute approximate surface area is 160 Å². The standard InChI is InChI=1S/C21H24ClN3O/c22-19-7-3-4-8-20(19)24-13-11-23(12-14-24)16-21(26)25-10-9-17-5-1-2-6-18(17)15-25/h1-8H,9-16H2/p+1. The zero-order chi connectivity index (χ0) is 17.9. The molecular weight excluding hydrogens is 346 g/mol. The molecule has 4 nitrogen and oxygen atoms in total. The van der Waals surface area contributed by atoms with E-state index in [0.717, 1.165) is 56.4 Å². The Morgan fingerprint density at radius 3 is 2.42 bits per heavy atom. The molecule has 0 saturated carbocycles. The summed E-state index contributed by atoms with van der Waals surface area (Å²) in [6.45, 7) is 6.02. The Bertz CT molecular complexity index is 786. The van der Waals surface area contributed by atoms with Crippen molar-refractivity contribution in [2.75, 3.05) is 44.2 Å². The third-order valence-corrected chi connectivity index (χ3v) is 5.87. The number of quaternary nitrogens is 1. The third-order valence-electron chi connectivity index (χ3n) is 5.55. The van der Waals surface area contributed by atoms with Crippen molar-refractivity contribution >= 4 is 23.2 Å². The second-order valence-electron chi connectivity index (χ2n) is 7.20.